The molecule has 90 valence electrons. The molecule has 2 rings (SSSR count). The van der Waals surface area contributed by atoms with Gasteiger partial charge in [0.2, 0.25) is 5.89 Å². The normalized spacial score (nSPS) is 18.4. The highest BCUT2D eigenvalue weighted by Gasteiger charge is 2.34. The lowest BCUT2D eigenvalue weighted by molar-refractivity contribution is 0.149. The Kier molecular flexibility index (Phi) is 3.56. The maximum Gasteiger partial charge on any atom is 0.228 e. The second-order valence-corrected chi connectivity index (χ2v) is 4.44. The van der Waals surface area contributed by atoms with Crippen LogP contribution in [0.4, 0.5) is 0 Å². The van der Waals surface area contributed by atoms with Gasteiger partial charge in [-0.25, -0.2) is 0 Å². The predicted octanol–water partition coefficient (Wildman–Crippen LogP) is 1.07. The first-order chi connectivity index (χ1) is 7.72. The molecule has 1 aliphatic carbocycles. The van der Waals surface area contributed by atoms with Crippen LogP contribution in [-0.2, 0) is 17.6 Å². The summed E-state index contributed by atoms with van der Waals surface area (Å²) in [6.07, 6.45) is 4.73. The lowest BCUT2D eigenvalue weighted by Crippen LogP contribution is -2.48. The molecule has 16 heavy (non-hydrogen) atoms. The van der Waals surface area contributed by atoms with E-state index in [0.717, 1.165) is 19.4 Å². The molecule has 0 bridgehead atoms. The van der Waals surface area contributed by atoms with E-state index in [-0.39, 0.29) is 5.54 Å². The molecule has 1 fully saturated rings. The molecule has 2 N–H and O–H groups in total. The van der Waals surface area contributed by atoms with Crippen molar-refractivity contribution < 1.29 is 9.26 Å². The second kappa shape index (κ2) is 4.93. The van der Waals surface area contributed by atoms with E-state index in [0.29, 0.717) is 31.2 Å². The van der Waals surface area contributed by atoms with E-state index in [1.165, 1.54) is 6.42 Å². The van der Waals surface area contributed by atoms with Crippen molar-refractivity contribution in [2.24, 2.45) is 5.73 Å². The van der Waals surface area contributed by atoms with Crippen molar-refractivity contribution in [3.05, 3.63) is 11.7 Å². The van der Waals surface area contributed by atoms with Gasteiger partial charge in [0.05, 0.1) is 6.61 Å². The van der Waals surface area contributed by atoms with Gasteiger partial charge >= 0.3 is 0 Å². The molecule has 0 unspecified atom stereocenters. The van der Waals surface area contributed by atoms with Crippen LogP contribution in [0.1, 0.15) is 37.9 Å². The van der Waals surface area contributed by atoms with Gasteiger partial charge in [0.15, 0.2) is 5.82 Å². The first kappa shape index (κ1) is 11.5. The monoisotopic (exact) mass is 225 g/mol. The number of rotatable bonds is 6. The van der Waals surface area contributed by atoms with Crippen molar-refractivity contribution in [1.82, 2.24) is 10.1 Å². The minimum Gasteiger partial charge on any atom is -0.381 e. The van der Waals surface area contributed by atoms with Gasteiger partial charge in [-0.3, -0.25) is 0 Å². The molecule has 0 aliphatic heterocycles. The summed E-state index contributed by atoms with van der Waals surface area (Å²) in [5.74, 6) is 1.38. The van der Waals surface area contributed by atoms with E-state index in [4.69, 9.17) is 15.0 Å². The van der Waals surface area contributed by atoms with E-state index in [2.05, 4.69) is 10.1 Å². The fourth-order valence-corrected chi connectivity index (χ4v) is 1.88. The molecule has 5 nitrogen and oxygen atoms in total. The van der Waals surface area contributed by atoms with E-state index in [1.54, 1.807) is 0 Å². The molecule has 1 heterocycles. The fourth-order valence-electron chi connectivity index (χ4n) is 1.88. The Morgan fingerprint density at radius 1 is 1.50 bits per heavy atom. The summed E-state index contributed by atoms with van der Waals surface area (Å²) in [6, 6.07) is 0. The molecule has 0 saturated heterocycles. The van der Waals surface area contributed by atoms with Gasteiger partial charge in [-0.15, -0.1) is 0 Å². The summed E-state index contributed by atoms with van der Waals surface area (Å²) in [6.45, 7) is 3.33. The zero-order valence-electron chi connectivity index (χ0n) is 9.74. The SMILES string of the molecule is CCOCCc1noc(CC2(N)CCC2)n1. The van der Waals surface area contributed by atoms with Gasteiger partial charge in [0.1, 0.15) is 0 Å². The molecule has 1 saturated carbocycles. The van der Waals surface area contributed by atoms with Gasteiger partial charge in [0.25, 0.3) is 0 Å². The molecule has 0 atom stereocenters. The van der Waals surface area contributed by atoms with E-state index < -0.39 is 0 Å². The maximum atomic E-state index is 6.11. The van der Waals surface area contributed by atoms with Crippen molar-refractivity contribution >= 4 is 0 Å². The molecule has 1 aliphatic rings. The summed E-state index contributed by atoms with van der Waals surface area (Å²) in [5.41, 5.74) is 6.02. The third kappa shape index (κ3) is 2.80. The van der Waals surface area contributed by atoms with Crippen molar-refractivity contribution in [2.75, 3.05) is 13.2 Å². The number of hydrogen-bond acceptors (Lipinski definition) is 5. The Bertz CT molecular complexity index is 334. The van der Waals surface area contributed by atoms with Crippen LogP contribution in [0.2, 0.25) is 0 Å². The average Bonchev–Trinajstić information content (AvgIpc) is 2.64. The summed E-state index contributed by atoms with van der Waals surface area (Å²) in [5, 5.41) is 3.91. The number of aromatic nitrogens is 2. The van der Waals surface area contributed by atoms with Crippen LogP contribution in [0.5, 0.6) is 0 Å². The van der Waals surface area contributed by atoms with Gasteiger partial charge in [-0.2, -0.15) is 4.98 Å². The highest BCUT2D eigenvalue weighted by Crippen LogP contribution is 2.31. The summed E-state index contributed by atoms with van der Waals surface area (Å²) in [7, 11) is 0. The summed E-state index contributed by atoms with van der Waals surface area (Å²) in [4.78, 5) is 4.31. The third-order valence-electron chi connectivity index (χ3n) is 3.04. The van der Waals surface area contributed by atoms with Gasteiger partial charge in [-0.1, -0.05) is 5.16 Å². The van der Waals surface area contributed by atoms with Crippen LogP contribution in [0, 0.1) is 0 Å². The lowest BCUT2D eigenvalue weighted by Gasteiger charge is -2.36. The number of hydrogen-bond donors (Lipinski definition) is 1. The molecular formula is C11H19N3O2. The minimum absolute atomic E-state index is 0.0935. The predicted molar refractivity (Wildman–Crippen MR) is 59.0 cm³/mol. The zero-order valence-corrected chi connectivity index (χ0v) is 9.74. The first-order valence-corrected chi connectivity index (χ1v) is 5.90. The van der Waals surface area contributed by atoms with Crippen molar-refractivity contribution in [3.8, 4) is 0 Å². The molecule has 0 spiro atoms. The van der Waals surface area contributed by atoms with Crippen molar-refractivity contribution in [1.29, 1.82) is 0 Å². The molecule has 1 aromatic heterocycles. The quantitative estimate of drug-likeness (QED) is 0.733. The average molecular weight is 225 g/mol. The van der Waals surface area contributed by atoms with E-state index in [9.17, 15) is 0 Å². The Balaban J connectivity index is 1.82. The molecule has 5 heteroatoms. The minimum atomic E-state index is -0.0935. The van der Waals surface area contributed by atoms with Gasteiger partial charge in [-0.05, 0) is 26.2 Å². The summed E-state index contributed by atoms with van der Waals surface area (Å²) < 4.78 is 10.4. The largest absolute Gasteiger partial charge is 0.381 e. The van der Waals surface area contributed by atoms with Crippen LogP contribution >= 0.6 is 0 Å². The second-order valence-electron chi connectivity index (χ2n) is 4.44. The molecule has 0 amide bonds. The highest BCUT2D eigenvalue weighted by molar-refractivity contribution is 5.00. The van der Waals surface area contributed by atoms with Crippen LogP contribution < -0.4 is 5.73 Å². The van der Waals surface area contributed by atoms with E-state index >= 15 is 0 Å². The first-order valence-electron chi connectivity index (χ1n) is 5.90. The lowest BCUT2D eigenvalue weighted by atomic mass is 9.75. The Morgan fingerprint density at radius 3 is 2.94 bits per heavy atom. The van der Waals surface area contributed by atoms with E-state index in [1.807, 2.05) is 6.92 Å². The number of nitrogens with two attached hydrogens (primary N) is 1. The topological polar surface area (TPSA) is 74.2 Å². The van der Waals surface area contributed by atoms with Crippen molar-refractivity contribution in [2.45, 2.75) is 44.6 Å². The Hall–Kier alpha value is -0.940. The van der Waals surface area contributed by atoms with Crippen molar-refractivity contribution in [3.63, 3.8) is 0 Å². The molecule has 0 radical (unpaired) electrons. The summed E-state index contributed by atoms with van der Waals surface area (Å²) >= 11 is 0. The standard InChI is InChI=1S/C11H19N3O2/c1-2-15-7-4-9-13-10(16-14-9)8-11(12)5-3-6-11/h2-8,12H2,1H3. The van der Waals surface area contributed by atoms with Crippen LogP contribution in [0.25, 0.3) is 0 Å². The molecule has 0 aromatic carbocycles. The van der Waals surface area contributed by atoms with Crippen LogP contribution in [-0.4, -0.2) is 28.9 Å². The van der Waals surface area contributed by atoms with Crippen LogP contribution in [0.3, 0.4) is 0 Å². The molecular weight excluding hydrogens is 206 g/mol. The third-order valence-corrected chi connectivity index (χ3v) is 3.04. The Morgan fingerprint density at radius 2 is 2.31 bits per heavy atom. The fraction of sp³-hybridized carbons (Fsp3) is 0.818. The molecule has 1 aromatic rings. The smallest absolute Gasteiger partial charge is 0.228 e. The van der Waals surface area contributed by atoms with Gasteiger partial charge < -0.3 is 15.0 Å². The number of nitrogens with zero attached hydrogens (tertiary/aromatic N) is 2. The van der Waals surface area contributed by atoms with Crippen LogP contribution in [0.15, 0.2) is 4.52 Å². The zero-order chi connectivity index (χ0) is 11.4. The highest BCUT2D eigenvalue weighted by atomic mass is 16.5. The van der Waals surface area contributed by atoms with Gasteiger partial charge in [0, 0.05) is 25.0 Å². The Labute approximate surface area is 95.3 Å². The number of ether oxygens (including phenoxy) is 1. The maximum absolute atomic E-state index is 6.11.